The molecule has 0 saturated carbocycles. The first-order valence-corrected chi connectivity index (χ1v) is 10.3. The van der Waals surface area contributed by atoms with Gasteiger partial charge in [0.05, 0.1) is 27.0 Å². The molecule has 30 heavy (non-hydrogen) atoms. The molecule has 0 aliphatic carbocycles. The molecule has 0 spiro atoms. The first kappa shape index (κ1) is 21.8. The van der Waals surface area contributed by atoms with Crippen LogP contribution < -0.4 is 19.0 Å². The second-order valence-electron chi connectivity index (χ2n) is 6.65. The second kappa shape index (κ2) is 9.30. The maximum atomic E-state index is 14.2. The average Bonchev–Trinajstić information content (AvgIpc) is 3.17. The van der Waals surface area contributed by atoms with Crippen molar-refractivity contribution in [3.05, 3.63) is 52.1 Å². The molecule has 0 fully saturated rings. The van der Waals surface area contributed by atoms with E-state index in [0.717, 1.165) is 23.7 Å². The topological polar surface area (TPSA) is 45.0 Å². The van der Waals surface area contributed by atoms with Crippen molar-refractivity contribution in [1.82, 2.24) is 4.57 Å². The van der Waals surface area contributed by atoms with E-state index in [2.05, 4.69) is 18.8 Å². The highest BCUT2D eigenvalue weighted by atomic mass is 32.1. The number of thiazole rings is 1. The van der Waals surface area contributed by atoms with Gasteiger partial charge < -0.3 is 18.8 Å². The molecule has 1 aromatic heterocycles. The van der Waals surface area contributed by atoms with Gasteiger partial charge in [-0.3, -0.25) is 0 Å². The molecule has 0 saturated heterocycles. The van der Waals surface area contributed by atoms with Crippen molar-refractivity contribution in [3.8, 4) is 28.5 Å². The molecule has 3 aromatic rings. The van der Waals surface area contributed by atoms with Crippen LogP contribution in [-0.2, 0) is 0 Å². The van der Waals surface area contributed by atoms with Gasteiger partial charge >= 0.3 is 0 Å². The summed E-state index contributed by atoms with van der Waals surface area (Å²) < 4.78 is 45.8. The lowest BCUT2D eigenvalue weighted by Crippen LogP contribution is -2.19. The molecule has 1 unspecified atom stereocenters. The van der Waals surface area contributed by atoms with Gasteiger partial charge in [0.1, 0.15) is 11.5 Å². The summed E-state index contributed by atoms with van der Waals surface area (Å²) >= 11 is 1.38. The Morgan fingerprint density at radius 1 is 1.03 bits per heavy atom. The van der Waals surface area contributed by atoms with Crippen LogP contribution in [0.4, 0.5) is 14.5 Å². The van der Waals surface area contributed by atoms with Crippen molar-refractivity contribution >= 4 is 17.0 Å². The number of methoxy groups -OCH3 is 3. The minimum atomic E-state index is -0.701. The van der Waals surface area contributed by atoms with Gasteiger partial charge in [0.2, 0.25) is 5.75 Å². The van der Waals surface area contributed by atoms with E-state index in [1.54, 1.807) is 21.3 Å². The first-order chi connectivity index (χ1) is 14.4. The summed E-state index contributed by atoms with van der Waals surface area (Å²) in [5.41, 5.74) is 1.82. The van der Waals surface area contributed by atoms with Crippen LogP contribution in [0.25, 0.3) is 11.3 Å². The molecule has 1 heterocycles. The molecule has 160 valence electrons. The van der Waals surface area contributed by atoms with Crippen molar-refractivity contribution < 1.29 is 23.0 Å². The highest BCUT2D eigenvalue weighted by Crippen LogP contribution is 2.41. The van der Waals surface area contributed by atoms with E-state index in [-0.39, 0.29) is 11.7 Å². The quantitative estimate of drug-likeness (QED) is 0.477. The number of hydrogen-bond acceptors (Lipinski definition) is 5. The van der Waals surface area contributed by atoms with E-state index in [0.29, 0.717) is 22.0 Å². The van der Waals surface area contributed by atoms with Crippen LogP contribution >= 0.6 is 11.3 Å². The Hall–Kier alpha value is -2.87. The molecule has 0 bridgehead atoms. The molecule has 0 amide bonds. The lowest BCUT2D eigenvalue weighted by Gasteiger charge is -2.18. The minimum Gasteiger partial charge on any atom is -0.493 e. The van der Waals surface area contributed by atoms with Gasteiger partial charge in [-0.15, -0.1) is 11.3 Å². The van der Waals surface area contributed by atoms with Crippen LogP contribution in [0.3, 0.4) is 0 Å². The van der Waals surface area contributed by atoms with Crippen molar-refractivity contribution in [3.63, 3.8) is 0 Å². The van der Waals surface area contributed by atoms with Crippen molar-refractivity contribution in [2.45, 2.75) is 26.3 Å². The minimum absolute atomic E-state index is 0.0896. The highest BCUT2D eigenvalue weighted by Gasteiger charge is 2.19. The van der Waals surface area contributed by atoms with Gasteiger partial charge in [-0.25, -0.2) is 13.8 Å². The van der Waals surface area contributed by atoms with Gasteiger partial charge in [0.25, 0.3) is 0 Å². The number of rotatable bonds is 7. The standard InChI is InChI=1S/C22H24F2N2O3S/c1-6-13(2)26-18(14-9-19(27-3)21(29-5)20(10-14)28-4)12-30-22(26)25-17-8-7-15(23)11-16(17)24/h7-13H,6H2,1-5H3. The molecule has 0 radical (unpaired) electrons. The van der Waals surface area contributed by atoms with Gasteiger partial charge in [0.15, 0.2) is 22.1 Å². The second-order valence-corrected chi connectivity index (χ2v) is 7.49. The third kappa shape index (κ3) is 4.18. The molecule has 0 N–H and O–H groups in total. The third-order valence-corrected chi connectivity index (χ3v) is 5.70. The number of halogens is 2. The van der Waals surface area contributed by atoms with E-state index in [4.69, 9.17) is 14.2 Å². The molecular weight excluding hydrogens is 410 g/mol. The molecule has 8 heteroatoms. The molecule has 1 atom stereocenters. The molecule has 3 rings (SSSR count). The molecular formula is C22H24F2N2O3S. The monoisotopic (exact) mass is 434 g/mol. The molecule has 2 aromatic carbocycles. The summed E-state index contributed by atoms with van der Waals surface area (Å²) in [5, 5.41) is 1.95. The lowest BCUT2D eigenvalue weighted by molar-refractivity contribution is 0.324. The Bertz CT molecular complexity index is 1080. The van der Waals surface area contributed by atoms with E-state index >= 15 is 0 Å². The summed E-state index contributed by atoms with van der Waals surface area (Å²) in [5.74, 6) is 0.250. The number of hydrogen-bond donors (Lipinski definition) is 0. The van der Waals surface area contributed by atoms with Crippen molar-refractivity contribution in [2.75, 3.05) is 21.3 Å². The van der Waals surface area contributed by atoms with Crippen LogP contribution in [0.1, 0.15) is 26.3 Å². The molecule has 0 aliphatic heterocycles. The van der Waals surface area contributed by atoms with Gasteiger partial charge in [0, 0.05) is 23.1 Å². The zero-order valence-corrected chi connectivity index (χ0v) is 18.3. The Balaban J connectivity index is 2.24. The van der Waals surface area contributed by atoms with Crippen LogP contribution in [0, 0.1) is 11.6 Å². The van der Waals surface area contributed by atoms with Crippen LogP contribution in [0.5, 0.6) is 17.2 Å². The SMILES string of the molecule is CCC(C)n1c(-c2cc(OC)c(OC)c(OC)c2)csc1=Nc1ccc(F)cc1F. The Morgan fingerprint density at radius 3 is 2.23 bits per heavy atom. The summed E-state index contributed by atoms with van der Waals surface area (Å²) in [6.45, 7) is 4.13. The van der Waals surface area contributed by atoms with Crippen molar-refractivity contribution in [2.24, 2.45) is 4.99 Å². The van der Waals surface area contributed by atoms with Crippen LogP contribution in [0.15, 0.2) is 40.7 Å². The smallest absolute Gasteiger partial charge is 0.203 e. The normalized spacial score (nSPS) is 12.7. The highest BCUT2D eigenvalue weighted by molar-refractivity contribution is 7.07. The third-order valence-electron chi connectivity index (χ3n) is 4.86. The fraction of sp³-hybridized carbons (Fsp3) is 0.318. The summed E-state index contributed by atoms with van der Waals surface area (Å²) in [6.07, 6.45) is 0.841. The van der Waals surface area contributed by atoms with E-state index in [9.17, 15) is 8.78 Å². The fourth-order valence-electron chi connectivity index (χ4n) is 3.12. The average molecular weight is 435 g/mol. The predicted octanol–water partition coefficient (Wildman–Crippen LogP) is 5.72. The lowest BCUT2D eigenvalue weighted by atomic mass is 10.1. The van der Waals surface area contributed by atoms with E-state index in [1.165, 1.54) is 23.5 Å². The van der Waals surface area contributed by atoms with E-state index in [1.807, 2.05) is 22.1 Å². The first-order valence-electron chi connectivity index (χ1n) is 9.43. The number of nitrogens with zero attached hydrogens (tertiary/aromatic N) is 2. The number of benzene rings is 2. The Labute approximate surface area is 178 Å². The predicted molar refractivity (Wildman–Crippen MR) is 114 cm³/mol. The maximum absolute atomic E-state index is 14.2. The Morgan fingerprint density at radius 2 is 1.70 bits per heavy atom. The van der Waals surface area contributed by atoms with Crippen LogP contribution in [0.2, 0.25) is 0 Å². The Kier molecular flexibility index (Phi) is 6.77. The number of aromatic nitrogens is 1. The zero-order chi connectivity index (χ0) is 21.8. The van der Waals surface area contributed by atoms with Gasteiger partial charge in [-0.2, -0.15) is 0 Å². The summed E-state index contributed by atoms with van der Waals surface area (Å²) in [6, 6.07) is 7.19. The van der Waals surface area contributed by atoms with Crippen molar-refractivity contribution in [1.29, 1.82) is 0 Å². The zero-order valence-electron chi connectivity index (χ0n) is 17.5. The number of ether oxygens (including phenoxy) is 3. The largest absolute Gasteiger partial charge is 0.493 e. The summed E-state index contributed by atoms with van der Waals surface area (Å²) in [7, 11) is 4.68. The molecule has 5 nitrogen and oxygen atoms in total. The molecule has 0 aliphatic rings. The summed E-state index contributed by atoms with van der Waals surface area (Å²) in [4.78, 5) is 5.08. The maximum Gasteiger partial charge on any atom is 0.203 e. The van der Waals surface area contributed by atoms with Gasteiger partial charge in [-0.1, -0.05) is 6.92 Å². The van der Waals surface area contributed by atoms with Crippen LogP contribution in [-0.4, -0.2) is 25.9 Å². The fourth-order valence-corrected chi connectivity index (χ4v) is 4.13. The van der Waals surface area contributed by atoms with E-state index < -0.39 is 11.6 Å². The van der Waals surface area contributed by atoms with Gasteiger partial charge in [-0.05, 0) is 37.6 Å².